The molecule has 2 amide bonds. The Morgan fingerprint density at radius 3 is 2.30 bits per heavy atom. The standard InChI is InChI=1S/C30H35ClFN3O4S/c1-4-5-17-33-30(37)28(18-23-9-7-6-8-10-23)34(20-24-12-15-26(32)16-13-24)29(36)21-35(40(3,38)39)27-19-25(31)14-11-22(27)2/h6-16,19,28H,4-5,17-18,20-21H2,1-3H3,(H,33,37). The molecule has 1 unspecified atom stereocenters. The molecule has 40 heavy (non-hydrogen) atoms. The number of nitrogens with zero attached hydrogens (tertiary/aromatic N) is 2. The van der Waals surface area contributed by atoms with Crippen LogP contribution in [0.5, 0.6) is 0 Å². The molecule has 0 radical (unpaired) electrons. The van der Waals surface area contributed by atoms with Gasteiger partial charge in [-0.25, -0.2) is 12.8 Å². The predicted octanol–water partition coefficient (Wildman–Crippen LogP) is 5.11. The molecule has 0 spiro atoms. The highest BCUT2D eigenvalue weighted by Crippen LogP contribution is 2.27. The van der Waals surface area contributed by atoms with Crippen molar-refractivity contribution in [1.29, 1.82) is 0 Å². The fourth-order valence-electron chi connectivity index (χ4n) is 4.29. The molecule has 1 atom stereocenters. The maximum atomic E-state index is 14.0. The summed E-state index contributed by atoms with van der Waals surface area (Å²) in [4.78, 5) is 29.0. The lowest BCUT2D eigenvalue weighted by molar-refractivity contribution is -0.140. The van der Waals surface area contributed by atoms with Crippen LogP contribution < -0.4 is 9.62 Å². The van der Waals surface area contributed by atoms with E-state index in [9.17, 15) is 22.4 Å². The van der Waals surface area contributed by atoms with Crippen LogP contribution in [0.4, 0.5) is 10.1 Å². The van der Waals surface area contributed by atoms with Crippen molar-refractivity contribution in [1.82, 2.24) is 10.2 Å². The van der Waals surface area contributed by atoms with Gasteiger partial charge in [-0.05, 0) is 54.3 Å². The van der Waals surface area contributed by atoms with Crippen molar-refractivity contribution in [2.24, 2.45) is 0 Å². The van der Waals surface area contributed by atoms with Gasteiger partial charge in [-0.15, -0.1) is 0 Å². The molecule has 0 fully saturated rings. The van der Waals surface area contributed by atoms with E-state index in [2.05, 4.69) is 5.32 Å². The summed E-state index contributed by atoms with van der Waals surface area (Å²) >= 11 is 6.17. The van der Waals surface area contributed by atoms with Crippen LogP contribution in [0, 0.1) is 12.7 Å². The van der Waals surface area contributed by atoms with Crippen molar-refractivity contribution in [2.45, 2.75) is 45.7 Å². The minimum atomic E-state index is -3.91. The molecule has 214 valence electrons. The van der Waals surface area contributed by atoms with Crippen molar-refractivity contribution in [2.75, 3.05) is 23.7 Å². The van der Waals surface area contributed by atoms with Crippen LogP contribution in [0.1, 0.15) is 36.5 Å². The van der Waals surface area contributed by atoms with Crippen molar-refractivity contribution in [3.8, 4) is 0 Å². The highest BCUT2D eigenvalue weighted by atomic mass is 35.5. The molecule has 1 N–H and O–H groups in total. The second kappa shape index (κ2) is 14.3. The van der Waals surface area contributed by atoms with E-state index in [1.165, 1.54) is 23.1 Å². The first kappa shape index (κ1) is 31.1. The summed E-state index contributed by atoms with van der Waals surface area (Å²) < 4.78 is 40.5. The Hall–Kier alpha value is -3.43. The minimum absolute atomic E-state index is 0.0239. The number of nitrogens with one attached hydrogen (secondary N) is 1. The summed E-state index contributed by atoms with van der Waals surface area (Å²) in [7, 11) is -3.91. The topological polar surface area (TPSA) is 86.8 Å². The van der Waals surface area contributed by atoms with Gasteiger partial charge in [0.25, 0.3) is 0 Å². The molecular formula is C30H35ClFN3O4S. The zero-order chi connectivity index (χ0) is 29.3. The van der Waals surface area contributed by atoms with Crippen molar-refractivity contribution < 1.29 is 22.4 Å². The van der Waals surface area contributed by atoms with Crippen molar-refractivity contribution in [3.05, 3.63) is 100 Å². The number of halogens is 2. The SMILES string of the molecule is CCCCNC(=O)C(Cc1ccccc1)N(Cc1ccc(F)cc1)C(=O)CN(c1cc(Cl)ccc1C)S(C)(=O)=O. The van der Waals surface area contributed by atoms with Crippen LogP contribution in [0.15, 0.2) is 72.8 Å². The molecule has 0 aliphatic carbocycles. The minimum Gasteiger partial charge on any atom is -0.354 e. The van der Waals surface area contributed by atoms with Crippen LogP contribution in [0.2, 0.25) is 5.02 Å². The van der Waals surface area contributed by atoms with Crippen LogP contribution >= 0.6 is 11.6 Å². The molecule has 3 aromatic carbocycles. The zero-order valence-corrected chi connectivity index (χ0v) is 24.5. The zero-order valence-electron chi connectivity index (χ0n) is 22.9. The highest BCUT2D eigenvalue weighted by Gasteiger charge is 2.33. The van der Waals surface area contributed by atoms with E-state index in [1.54, 1.807) is 31.2 Å². The number of amides is 2. The highest BCUT2D eigenvalue weighted by molar-refractivity contribution is 7.92. The molecule has 0 aromatic heterocycles. The van der Waals surface area contributed by atoms with E-state index in [0.717, 1.165) is 29.0 Å². The number of unbranched alkanes of at least 4 members (excludes halogenated alkanes) is 1. The fourth-order valence-corrected chi connectivity index (χ4v) is 5.36. The molecule has 0 saturated carbocycles. The normalized spacial score (nSPS) is 12.0. The molecule has 10 heteroatoms. The first-order chi connectivity index (χ1) is 19.0. The average molecular weight is 588 g/mol. The number of carbonyl (C=O) groups excluding carboxylic acids is 2. The summed E-state index contributed by atoms with van der Waals surface area (Å²) in [6, 6.07) is 18.8. The Labute approximate surface area is 241 Å². The van der Waals surface area contributed by atoms with Crippen LogP contribution in [-0.2, 0) is 32.6 Å². The van der Waals surface area contributed by atoms with Gasteiger partial charge < -0.3 is 10.2 Å². The number of benzene rings is 3. The second-order valence-corrected chi connectivity index (χ2v) is 12.0. The maximum Gasteiger partial charge on any atom is 0.244 e. The van der Waals surface area contributed by atoms with Gasteiger partial charge in [0, 0.05) is 24.5 Å². The average Bonchev–Trinajstić information content (AvgIpc) is 2.91. The van der Waals surface area contributed by atoms with E-state index < -0.39 is 34.3 Å². The summed E-state index contributed by atoms with van der Waals surface area (Å²) in [5.74, 6) is -1.36. The Morgan fingerprint density at radius 2 is 1.68 bits per heavy atom. The summed E-state index contributed by atoms with van der Waals surface area (Å²) in [6.45, 7) is 3.61. The number of hydrogen-bond donors (Lipinski definition) is 1. The third-order valence-electron chi connectivity index (χ3n) is 6.49. The number of anilines is 1. The van der Waals surface area contributed by atoms with E-state index in [-0.39, 0.29) is 24.6 Å². The van der Waals surface area contributed by atoms with Gasteiger partial charge in [0.1, 0.15) is 18.4 Å². The number of sulfonamides is 1. The predicted molar refractivity (Wildman–Crippen MR) is 157 cm³/mol. The number of carbonyl (C=O) groups is 2. The van der Waals surface area contributed by atoms with Gasteiger partial charge in [0.05, 0.1) is 11.9 Å². The van der Waals surface area contributed by atoms with Gasteiger partial charge in [0.15, 0.2) is 0 Å². The first-order valence-electron chi connectivity index (χ1n) is 13.1. The maximum absolute atomic E-state index is 14.0. The summed E-state index contributed by atoms with van der Waals surface area (Å²) in [5, 5.41) is 3.25. The van der Waals surface area contributed by atoms with Crippen LogP contribution in [0.25, 0.3) is 0 Å². The molecule has 3 aromatic rings. The van der Waals surface area contributed by atoms with Crippen molar-refractivity contribution >= 4 is 39.1 Å². The molecule has 7 nitrogen and oxygen atoms in total. The smallest absolute Gasteiger partial charge is 0.244 e. The molecule has 0 aliphatic rings. The van der Waals surface area contributed by atoms with Gasteiger partial charge >= 0.3 is 0 Å². The molecule has 0 saturated heterocycles. The van der Waals surface area contributed by atoms with E-state index in [1.807, 2.05) is 37.3 Å². The number of aryl methyl sites for hydroxylation is 1. The van der Waals surface area contributed by atoms with E-state index in [0.29, 0.717) is 22.7 Å². The Morgan fingerprint density at radius 1 is 1.00 bits per heavy atom. The van der Waals surface area contributed by atoms with Crippen molar-refractivity contribution in [3.63, 3.8) is 0 Å². The fraction of sp³-hybridized carbons (Fsp3) is 0.333. The third kappa shape index (κ3) is 8.79. The summed E-state index contributed by atoms with van der Waals surface area (Å²) in [5.41, 5.74) is 2.32. The summed E-state index contributed by atoms with van der Waals surface area (Å²) in [6.07, 6.45) is 2.88. The third-order valence-corrected chi connectivity index (χ3v) is 7.85. The molecule has 0 heterocycles. The van der Waals surface area contributed by atoms with E-state index >= 15 is 0 Å². The van der Waals surface area contributed by atoms with Crippen LogP contribution in [-0.4, -0.2) is 50.5 Å². The largest absolute Gasteiger partial charge is 0.354 e. The van der Waals surface area contributed by atoms with Crippen LogP contribution in [0.3, 0.4) is 0 Å². The first-order valence-corrected chi connectivity index (χ1v) is 15.3. The lowest BCUT2D eigenvalue weighted by Crippen LogP contribution is -2.53. The lowest BCUT2D eigenvalue weighted by atomic mass is 10.0. The molecule has 0 bridgehead atoms. The van der Waals surface area contributed by atoms with Gasteiger partial charge in [-0.3, -0.25) is 13.9 Å². The molecule has 0 aliphatic heterocycles. The molecular weight excluding hydrogens is 553 g/mol. The number of rotatable bonds is 13. The Balaban J connectivity index is 2.05. The van der Waals surface area contributed by atoms with Gasteiger partial charge in [0.2, 0.25) is 21.8 Å². The molecule has 3 rings (SSSR count). The van der Waals surface area contributed by atoms with Gasteiger partial charge in [-0.1, -0.05) is 73.5 Å². The second-order valence-electron chi connectivity index (χ2n) is 9.70. The van der Waals surface area contributed by atoms with E-state index in [4.69, 9.17) is 11.6 Å². The quantitative estimate of drug-likeness (QED) is 0.282. The monoisotopic (exact) mass is 587 g/mol. The lowest BCUT2D eigenvalue weighted by Gasteiger charge is -2.34. The Bertz CT molecular complexity index is 1400. The van der Waals surface area contributed by atoms with Gasteiger partial charge in [-0.2, -0.15) is 0 Å². The Kier molecular flexibility index (Phi) is 11.1. The number of hydrogen-bond acceptors (Lipinski definition) is 4.